The molecule has 0 saturated heterocycles. The van der Waals surface area contributed by atoms with Gasteiger partial charge in [-0.1, -0.05) is 176 Å². The molecule has 0 radical (unpaired) electrons. The number of benzene rings is 10. The maximum Gasteiger partial charge on any atom is 0.143 e. The van der Waals surface area contributed by atoms with Crippen LogP contribution in [-0.4, -0.2) is 0 Å². The first-order valence-electron chi connectivity index (χ1n) is 21.1. The quantitative estimate of drug-likeness (QED) is 0.173. The van der Waals surface area contributed by atoms with Crippen LogP contribution in [-0.2, 0) is 5.41 Å². The van der Waals surface area contributed by atoms with Gasteiger partial charge >= 0.3 is 0 Å². The molecule has 2 heteroatoms. The number of hydrogen-bond donors (Lipinski definition) is 0. The molecule has 1 heterocycles. The van der Waals surface area contributed by atoms with E-state index in [1.54, 1.807) is 0 Å². The van der Waals surface area contributed by atoms with Gasteiger partial charge in [-0.25, -0.2) is 0 Å². The van der Waals surface area contributed by atoms with Crippen molar-refractivity contribution in [2.45, 2.75) is 5.41 Å². The van der Waals surface area contributed by atoms with Gasteiger partial charge in [0, 0.05) is 39.5 Å². The van der Waals surface area contributed by atoms with E-state index in [4.69, 9.17) is 4.42 Å². The van der Waals surface area contributed by atoms with E-state index in [1.807, 2.05) is 0 Å². The van der Waals surface area contributed by atoms with Gasteiger partial charge in [0.25, 0.3) is 0 Å². The van der Waals surface area contributed by atoms with E-state index in [0.717, 1.165) is 50.1 Å². The highest BCUT2D eigenvalue weighted by Gasteiger charge is 2.51. The number of anilines is 3. The minimum Gasteiger partial charge on any atom is -0.455 e. The zero-order valence-corrected chi connectivity index (χ0v) is 33.2. The Bertz CT molecular complexity index is 3460. The largest absolute Gasteiger partial charge is 0.455 e. The van der Waals surface area contributed by atoms with Gasteiger partial charge < -0.3 is 9.32 Å². The van der Waals surface area contributed by atoms with Gasteiger partial charge in [-0.2, -0.15) is 0 Å². The topological polar surface area (TPSA) is 16.4 Å². The van der Waals surface area contributed by atoms with Crippen LogP contribution >= 0.6 is 0 Å². The molecule has 0 unspecified atom stereocenters. The van der Waals surface area contributed by atoms with Crippen molar-refractivity contribution in [1.29, 1.82) is 0 Å². The first-order chi connectivity index (χ1) is 30.3. The van der Waals surface area contributed by atoms with Crippen molar-refractivity contribution in [1.82, 2.24) is 0 Å². The van der Waals surface area contributed by atoms with E-state index in [1.165, 1.54) is 66.4 Å². The van der Waals surface area contributed by atoms with Gasteiger partial charge in [-0.15, -0.1) is 0 Å². The highest BCUT2D eigenvalue weighted by Crippen LogP contribution is 2.63. The van der Waals surface area contributed by atoms with Gasteiger partial charge in [0.1, 0.15) is 11.2 Å². The van der Waals surface area contributed by atoms with Crippen molar-refractivity contribution >= 4 is 49.8 Å². The lowest BCUT2D eigenvalue weighted by molar-refractivity contribution is 0.670. The molecule has 0 N–H and O–H groups in total. The fourth-order valence-electron chi connectivity index (χ4n) is 10.7. The summed E-state index contributed by atoms with van der Waals surface area (Å²) in [4.78, 5) is 2.40. The fourth-order valence-corrected chi connectivity index (χ4v) is 10.7. The van der Waals surface area contributed by atoms with Crippen molar-refractivity contribution < 1.29 is 4.42 Å². The van der Waals surface area contributed by atoms with Crippen LogP contribution in [0, 0.1) is 0 Å². The lowest BCUT2D eigenvalue weighted by atomic mass is 9.70. The first kappa shape index (κ1) is 34.0. The number of furan rings is 1. The smallest absolute Gasteiger partial charge is 0.143 e. The number of nitrogens with zero attached hydrogens (tertiary/aromatic N) is 1. The molecule has 0 fully saturated rings. The highest BCUT2D eigenvalue weighted by molar-refractivity contribution is 6.22. The predicted molar refractivity (Wildman–Crippen MR) is 253 cm³/mol. The molecule has 0 aliphatic heterocycles. The predicted octanol–water partition coefficient (Wildman–Crippen LogP) is 15.9. The third-order valence-corrected chi connectivity index (χ3v) is 13.3. The normalized spacial score (nSPS) is 13.0. The van der Waals surface area contributed by atoms with E-state index >= 15 is 0 Å². The molecule has 2 aliphatic carbocycles. The Morgan fingerprint density at radius 1 is 0.328 bits per heavy atom. The van der Waals surface area contributed by atoms with Crippen LogP contribution < -0.4 is 4.90 Å². The number of hydrogen-bond acceptors (Lipinski definition) is 2. The molecule has 0 atom stereocenters. The lowest BCUT2D eigenvalue weighted by Gasteiger charge is -2.32. The van der Waals surface area contributed by atoms with Crippen molar-refractivity contribution in [3.63, 3.8) is 0 Å². The second-order valence-corrected chi connectivity index (χ2v) is 16.4. The molecule has 0 amide bonds. The van der Waals surface area contributed by atoms with Gasteiger partial charge in [0.15, 0.2) is 0 Å². The molecule has 0 saturated carbocycles. The third-order valence-electron chi connectivity index (χ3n) is 13.3. The third kappa shape index (κ3) is 4.85. The summed E-state index contributed by atoms with van der Waals surface area (Å²) < 4.78 is 7.03. The zero-order chi connectivity index (χ0) is 40.1. The second-order valence-electron chi connectivity index (χ2n) is 16.4. The molecule has 1 spiro atoms. The first-order valence-corrected chi connectivity index (χ1v) is 21.1. The van der Waals surface area contributed by atoms with E-state index < -0.39 is 5.41 Å². The lowest BCUT2D eigenvalue weighted by Crippen LogP contribution is -2.26. The van der Waals surface area contributed by atoms with Crippen LogP contribution in [0.3, 0.4) is 0 Å². The van der Waals surface area contributed by atoms with Crippen molar-refractivity contribution in [2.24, 2.45) is 0 Å². The molecule has 13 rings (SSSR count). The minimum absolute atomic E-state index is 0.449. The average Bonchev–Trinajstić information content (AvgIpc) is 3.96. The summed E-state index contributed by atoms with van der Waals surface area (Å²) in [5.74, 6) is 0. The molecular weight excluding hydrogens is 739 g/mol. The molecular formula is C59H37NO. The van der Waals surface area contributed by atoms with Crippen LogP contribution in [0.5, 0.6) is 0 Å². The molecule has 1 aromatic heterocycles. The van der Waals surface area contributed by atoms with E-state index in [0.29, 0.717) is 0 Å². The van der Waals surface area contributed by atoms with Gasteiger partial charge in [-0.05, 0) is 114 Å². The summed E-state index contributed by atoms with van der Waals surface area (Å²) >= 11 is 0. The number of fused-ring (bicyclic) bond motifs is 15. The van der Waals surface area contributed by atoms with Gasteiger partial charge in [-0.3, -0.25) is 0 Å². The fraction of sp³-hybridized carbons (Fsp3) is 0.0169. The average molecular weight is 776 g/mol. The maximum absolute atomic E-state index is 7.03. The molecule has 284 valence electrons. The van der Waals surface area contributed by atoms with Crippen LogP contribution in [0.25, 0.3) is 77.2 Å². The Hall–Kier alpha value is -7.94. The SMILES string of the molecule is c1ccc(-c2ccc(N(c3ccc4c(c3)C3(c5ccccc5-c5ccccc53)c3ccccc3-4)c3ccc4c(c3)oc3c(-c5ccccc5)cc5ccccc5c34)cc2)cc1. The summed E-state index contributed by atoms with van der Waals surface area (Å²) in [5.41, 5.74) is 19.6. The van der Waals surface area contributed by atoms with Crippen LogP contribution in [0.1, 0.15) is 22.3 Å². The standard InChI is InChI=1S/C59H37NO/c1-3-15-38(16-4-1)39-27-29-42(30-28-39)60(44-32-34-50-56(37-44)61-58-51(40-17-5-2-6-18-40)35-41-19-7-8-20-45(41)57(50)58)43-31-33-49-48-23-11-14-26-54(48)59(55(49)36-43)52-24-12-9-21-46(52)47-22-10-13-25-53(47)59/h1-37H. The van der Waals surface area contributed by atoms with Crippen LogP contribution in [0.4, 0.5) is 17.1 Å². The Balaban J connectivity index is 1.06. The Kier molecular flexibility index (Phi) is 7.26. The Labute approximate surface area is 354 Å². The molecule has 2 aliphatic rings. The maximum atomic E-state index is 7.03. The van der Waals surface area contributed by atoms with Crippen molar-refractivity contribution in [2.75, 3.05) is 4.90 Å². The second kappa shape index (κ2) is 13.0. The van der Waals surface area contributed by atoms with E-state index in [9.17, 15) is 0 Å². The molecule has 0 bridgehead atoms. The van der Waals surface area contributed by atoms with Gasteiger partial charge in [0.2, 0.25) is 0 Å². The van der Waals surface area contributed by atoms with Crippen molar-refractivity contribution in [3.8, 4) is 44.5 Å². The van der Waals surface area contributed by atoms with Gasteiger partial charge in [0.05, 0.1) is 5.41 Å². The summed E-state index contributed by atoms with van der Waals surface area (Å²) in [6.45, 7) is 0. The van der Waals surface area contributed by atoms with E-state index in [2.05, 4.69) is 229 Å². The summed E-state index contributed by atoms with van der Waals surface area (Å²) in [7, 11) is 0. The Morgan fingerprint density at radius 3 is 1.51 bits per heavy atom. The molecule has 10 aromatic carbocycles. The summed E-state index contributed by atoms with van der Waals surface area (Å²) in [6, 6.07) is 82.1. The summed E-state index contributed by atoms with van der Waals surface area (Å²) in [5, 5.41) is 4.64. The molecule has 61 heavy (non-hydrogen) atoms. The molecule has 2 nitrogen and oxygen atoms in total. The zero-order valence-electron chi connectivity index (χ0n) is 33.2. The van der Waals surface area contributed by atoms with Crippen LogP contribution in [0.2, 0.25) is 0 Å². The highest BCUT2D eigenvalue weighted by atomic mass is 16.3. The number of rotatable bonds is 5. The van der Waals surface area contributed by atoms with Crippen molar-refractivity contribution in [3.05, 3.63) is 247 Å². The Morgan fingerprint density at radius 2 is 0.836 bits per heavy atom. The van der Waals surface area contributed by atoms with E-state index in [-0.39, 0.29) is 0 Å². The summed E-state index contributed by atoms with van der Waals surface area (Å²) in [6.07, 6.45) is 0. The minimum atomic E-state index is -0.449. The monoisotopic (exact) mass is 775 g/mol. The van der Waals surface area contributed by atoms with Crippen LogP contribution in [0.15, 0.2) is 229 Å². The molecule has 11 aromatic rings.